The Morgan fingerprint density at radius 1 is 1.29 bits per heavy atom. The number of hydrogen-bond acceptors (Lipinski definition) is 2. The number of hydrogen-bond donors (Lipinski definition) is 1. The van der Waals surface area contributed by atoms with E-state index in [9.17, 15) is 9.90 Å². The van der Waals surface area contributed by atoms with Crippen molar-refractivity contribution in [1.29, 1.82) is 0 Å². The van der Waals surface area contributed by atoms with Crippen LogP contribution in [0.3, 0.4) is 0 Å². The fraction of sp³-hybridized carbons (Fsp3) is 0.750. The number of carbonyl (C=O) groups is 1. The third-order valence-electron chi connectivity index (χ3n) is 3.03. The van der Waals surface area contributed by atoms with E-state index in [4.69, 9.17) is 0 Å². The van der Waals surface area contributed by atoms with Gasteiger partial charge in [0.05, 0.1) is 0 Å². The summed E-state index contributed by atoms with van der Waals surface area (Å²) in [6.07, 6.45) is 8.44. The largest absolute Gasteiger partial charge is 0.382 e. The second-order valence-electron chi connectivity index (χ2n) is 4.20. The third kappa shape index (κ3) is 2.95. The van der Waals surface area contributed by atoms with Crippen molar-refractivity contribution >= 4 is 5.78 Å². The van der Waals surface area contributed by atoms with E-state index in [0.717, 1.165) is 25.7 Å². The molecule has 0 radical (unpaired) electrons. The lowest BCUT2D eigenvalue weighted by Crippen LogP contribution is -2.37. The molecule has 2 nitrogen and oxygen atoms in total. The molecule has 2 heteroatoms. The van der Waals surface area contributed by atoms with E-state index in [0.29, 0.717) is 25.7 Å². The fourth-order valence-electron chi connectivity index (χ4n) is 2.06. The first-order valence-corrected chi connectivity index (χ1v) is 5.55. The van der Waals surface area contributed by atoms with Crippen molar-refractivity contribution in [3.63, 3.8) is 0 Å². The molecule has 1 N–H and O–H groups in total. The van der Waals surface area contributed by atoms with Crippen LogP contribution in [0.5, 0.6) is 0 Å². The van der Waals surface area contributed by atoms with E-state index in [1.54, 1.807) is 6.08 Å². The van der Waals surface area contributed by atoms with Crippen molar-refractivity contribution < 1.29 is 9.90 Å². The summed E-state index contributed by atoms with van der Waals surface area (Å²) in [5.41, 5.74) is -1.01. The van der Waals surface area contributed by atoms with Crippen LogP contribution in [-0.4, -0.2) is 16.5 Å². The molecule has 0 bridgehead atoms. The highest BCUT2D eigenvalue weighted by atomic mass is 16.3. The Labute approximate surface area is 86.0 Å². The maximum absolute atomic E-state index is 11.7. The topological polar surface area (TPSA) is 37.3 Å². The van der Waals surface area contributed by atoms with Crippen molar-refractivity contribution in [2.24, 2.45) is 0 Å². The Bertz CT molecular complexity index is 200. The molecule has 0 amide bonds. The third-order valence-corrected chi connectivity index (χ3v) is 3.03. The number of carbonyl (C=O) groups excluding carboxylic acids is 1. The van der Waals surface area contributed by atoms with Gasteiger partial charge in [-0.15, -0.1) is 6.58 Å². The lowest BCUT2D eigenvalue weighted by atomic mass is 9.87. The van der Waals surface area contributed by atoms with Gasteiger partial charge in [-0.05, 0) is 19.3 Å². The molecule has 1 rings (SSSR count). The zero-order valence-electron chi connectivity index (χ0n) is 8.80. The lowest BCUT2D eigenvalue weighted by molar-refractivity contribution is -0.138. The number of Topliss-reactive ketones (excluding diaryl/α,β-unsaturated/α-hetero) is 1. The van der Waals surface area contributed by atoms with Gasteiger partial charge < -0.3 is 5.11 Å². The predicted octanol–water partition coefficient (Wildman–Crippen LogP) is 2.61. The monoisotopic (exact) mass is 196 g/mol. The first-order valence-electron chi connectivity index (χ1n) is 5.55. The first-order chi connectivity index (χ1) is 6.69. The predicted molar refractivity (Wildman–Crippen MR) is 57.1 cm³/mol. The molecular formula is C12H20O2. The van der Waals surface area contributed by atoms with Crippen molar-refractivity contribution in [2.45, 2.75) is 57.0 Å². The van der Waals surface area contributed by atoms with Gasteiger partial charge in [0, 0.05) is 6.42 Å². The minimum atomic E-state index is -1.01. The molecular weight excluding hydrogens is 176 g/mol. The summed E-state index contributed by atoms with van der Waals surface area (Å²) in [5.74, 6) is 0.0132. The van der Waals surface area contributed by atoms with Crippen LogP contribution in [0.1, 0.15) is 51.4 Å². The van der Waals surface area contributed by atoms with Crippen LogP contribution in [0.25, 0.3) is 0 Å². The van der Waals surface area contributed by atoms with Crippen molar-refractivity contribution in [2.75, 3.05) is 0 Å². The second-order valence-corrected chi connectivity index (χ2v) is 4.20. The molecule has 0 aromatic carbocycles. The summed E-state index contributed by atoms with van der Waals surface area (Å²) in [5, 5.41) is 10.2. The molecule has 0 unspecified atom stereocenters. The standard InChI is InChI=1S/C12H20O2/c1-2-3-8-11(13)12(14)9-6-4-5-7-10-12/h2,14H,1,3-10H2. The Morgan fingerprint density at radius 2 is 1.86 bits per heavy atom. The van der Waals surface area contributed by atoms with Gasteiger partial charge in [-0.2, -0.15) is 0 Å². The van der Waals surface area contributed by atoms with Gasteiger partial charge in [0.1, 0.15) is 5.60 Å². The smallest absolute Gasteiger partial charge is 0.164 e. The number of ketones is 1. The van der Waals surface area contributed by atoms with Gasteiger partial charge in [0.2, 0.25) is 0 Å². The average molecular weight is 196 g/mol. The number of rotatable bonds is 4. The molecule has 1 saturated carbocycles. The van der Waals surface area contributed by atoms with E-state index in [-0.39, 0.29) is 5.78 Å². The van der Waals surface area contributed by atoms with Crippen molar-refractivity contribution in [3.8, 4) is 0 Å². The van der Waals surface area contributed by atoms with E-state index in [1.807, 2.05) is 0 Å². The van der Waals surface area contributed by atoms with Gasteiger partial charge in [-0.25, -0.2) is 0 Å². The van der Waals surface area contributed by atoms with Crippen LogP contribution < -0.4 is 0 Å². The van der Waals surface area contributed by atoms with Gasteiger partial charge in [-0.3, -0.25) is 4.79 Å². The molecule has 0 aromatic rings. The molecule has 0 aromatic heterocycles. The molecule has 14 heavy (non-hydrogen) atoms. The molecule has 1 aliphatic carbocycles. The van der Waals surface area contributed by atoms with E-state index < -0.39 is 5.60 Å². The summed E-state index contributed by atoms with van der Waals surface area (Å²) in [4.78, 5) is 11.7. The highest BCUT2D eigenvalue weighted by molar-refractivity contribution is 5.87. The summed E-state index contributed by atoms with van der Waals surface area (Å²) >= 11 is 0. The molecule has 0 heterocycles. The minimum absolute atomic E-state index is 0.0132. The Balaban J connectivity index is 2.51. The summed E-state index contributed by atoms with van der Waals surface area (Å²) < 4.78 is 0. The molecule has 0 aliphatic heterocycles. The van der Waals surface area contributed by atoms with Gasteiger partial charge in [-0.1, -0.05) is 31.8 Å². The van der Waals surface area contributed by atoms with Gasteiger partial charge >= 0.3 is 0 Å². The van der Waals surface area contributed by atoms with Crippen LogP contribution in [-0.2, 0) is 4.79 Å². The van der Waals surface area contributed by atoms with Crippen LogP contribution in [0, 0.1) is 0 Å². The zero-order chi connectivity index (χ0) is 10.4. The Hall–Kier alpha value is -0.630. The minimum Gasteiger partial charge on any atom is -0.382 e. The summed E-state index contributed by atoms with van der Waals surface area (Å²) in [6.45, 7) is 3.59. The number of aliphatic hydroxyl groups is 1. The van der Waals surface area contributed by atoms with Crippen molar-refractivity contribution in [3.05, 3.63) is 12.7 Å². The molecule has 0 spiro atoms. The second kappa shape index (κ2) is 5.30. The Morgan fingerprint density at radius 3 is 2.36 bits per heavy atom. The normalized spacial score (nSPS) is 21.2. The summed E-state index contributed by atoms with van der Waals surface area (Å²) in [6, 6.07) is 0. The van der Waals surface area contributed by atoms with E-state index >= 15 is 0 Å². The lowest BCUT2D eigenvalue weighted by Gasteiger charge is -2.24. The van der Waals surface area contributed by atoms with Gasteiger partial charge in [0.15, 0.2) is 5.78 Å². The van der Waals surface area contributed by atoms with Gasteiger partial charge in [0.25, 0.3) is 0 Å². The first kappa shape index (κ1) is 11.4. The molecule has 80 valence electrons. The number of allylic oxidation sites excluding steroid dienone is 1. The average Bonchev–Trinajstić information content (AvgIpc) is 2.40. The van der Waals surface area contributed by atoms with Crippen LogP contribution in [0.15, 0.2) is 12.7 Å². The maximum Gasteiger partial charge on any atom is 0.164 e. The van der Waals surface area contributed by atoms with Crippen LogP contribution >= 0.6 is 0 Å². The fourth-order valence-corrected chi connectivity index (χ4v) is 2.06. The summed E-state index contributed by atoms with van der Waals surface area (Å²) in [7, 11) is 0. The highest BCUT2D eigenvalue weighted by Gasteiger charge is 2.34. The Kier molecular flexibility index (Phi) is 4.33. The van der Waals surface area contributed by atoms with E-state index in [1.165, 1.54) is 0 Å². The highest BCUT2D eigenvalue weighted by Crippen LogP contribution is 2.28. The molecule has 0 saturated heterocycles. The van der Waals surface area contributed by atoms with Crippen molar-refractivity contribution in [1.82, 2.24) is 0 Å². The quantitative estimate of drug-likeness (QED) is 0.554. The molecule has 1 fully saturated rings. The zero-order valence-corrected chi connectivity index (χ0v) is 8.80. The molecule has 0 atom stereocenters. The maximum atomic E-state index is 11.7. The van der Waals surface area contributed by atoms with Crippen LogP contribution in [0.4, 0.5) is 0 Å². The SMILES string of the molecule is C=CCCC(=O)C1(O)CCCCCC1. The van der Waals surface area contributed by atoms with E-state index in [2.05, 4.69) is 6.58 Å². The van der Waals surface area contributed by atoms with Crippen LogP contribution in [0.2, 0.25) is 0 Å². The molecule has 1 aliphatic rings.